The molecule has 4 heterocycles. The van der Waals surface area contributed by atoms with Crippen molar-refractivity contribution in [2.45, 2.75) is 44.9 Å². The van der Waals surface area contributed by atoms with E-state index >= 15 is 0 Å². The Kier molecular flexibility index (Phi) is 5.60. The van der Waals surface area contributed by atoms with Gasteiger partial charge in [0.25, 0.3) is 0 Å². The molecule has 1 aromatic carbocycles. The third kappa shape index (κ3) is 3.80. The lowest BCUT2D eigenvalue weighted by molar-refractivity contribution is -0.187. The number of rotatable bonds is 6. The lowest BCUT2D eigenvalue weighted by Gasteiger charge is -2.41. The van der Waals surface area contributed by atoms with Crippen LogP contribution in [0.3, 0.4) is 0 Å². The van der Waals surface area contributed by atoms with Gasteiger partial charge in [0.2, 0.25) is 10.8 Å². The lowest BCUT2D eigenvalue weighted by Crippen LogP contribution is -2.46. The van der Waals surface area contributed by atoms with Crippen molar-refractivity contribution in [3.05, 3.63) is 40.5 Å². The summed E-state index contributed by atoms with van der Waals surface area (Å²) in [6.07, 6.45) is 2.35. The SMILES string of the molecule is CCOc1ccc([C@H](c2sc3nc(CC)nn3c2O)N2CCC3(CC2)OCCO3)cc1. The standard InChI is InChI=1S/C22H28N4O4S/c1-3-17-23-21-26(24-17)20(27)19(31-21)18(15-5-7-16(8-6-15)28-4-2)25-11-9-22(10-12-25)29-13-14-30-22/h5-8,18,27H,3-4,9-14H2,1-2H3/t18-/m1/s1. The summed E-state index contributed by atoms with van der Waals surface area (Å²) in [6.45, 7) is 7.57. The number of aromatic hydroxyl groups is 1. The molecule has 1 N–H and O–H groups in total. The molecule has 0 bridgehead atoms. The third-order valence-corrected chi connectivity index (χ3v) is 7.13. The van der Waals surface area contributed by atoms with Crippen LogP contribution in [0.5, 0.6) is 11.6 Å². The quantitative estimate of drug-likeness (QED) is 0.624. The second-order valence-corrected chi connectivity index (χ2v) is 8.92. The van der Waals surface area contributed by atoms with Gasteiger partial charge in [0, 0.05) is 32.4 Å². The van der Waals surface area contributed by atoms with Crippen LogP contribution in [0.1, 0.15) is 49.0 Å². The first-order valence-corrected chi connectivity index (χ1v) is 11.8. The van der Waals surface area contributed by atoms with Crippen molar-refractivity contribution in [2.75, 3.05) is 32.9 Å². The number of likely N-dealkylation sites (tertiary alicyclic amines) is 1. The van der Waals surface area contributed by atoms with Crippen LogP contribution in [-0.2, 0) is 15.9 Å². The maximum atomic E-state index is 11.1. The molecule has 1 atom stereocenters. The van der Waals surface area contributed by atoms with Crippen molar-refractivity contribution >= 4 is 16.3 Å². The normalized spacial score (nSPS) is 19.9. The van der Waals surface area contributed by atoms with E-state index in [1.807, 2.05) is 26.0 Å². The van der Waals surface area contributed by atoms with Gasteiger partial charge in [-0.2, -0.15) is 4.52 Å². The second kappa shape index (κ2) is 8.38. The summed E-state index contributed by atoms with van der Waals surface area (Å²) >= 11 is 1.50. The van der Waals surface area contributed by atoms with Crippen molar-refractivity contribution in [1.82, 2.24) is 19.5 Å². The molecular weight excluding hydrogens is 416 g/mol. The van der Waals surface area contributed by atoms with Crippen molar-refractivity contribution < 1.29 is 19.3 Å². The molecule has 2 aliphatic heterocycles. The van der Waals surface area contributed by atoms with Crippen LogP contribution >= 0.6 is 11.3 Å². The van der Waals surface area contributed by atoms with Crippen molar-refractivity contribution in [3.8, 4) is 11.6 Å². The molecule has 31 heavy (non-hydrogen) atoms. The van der Waals surface area contributed by atoms with E-state index in [1.165, 1.54) is 11.3 Å². The zero-order valence-corrected chi connectivity index (χ0v) is 18.7. The van der Waals surface area contributed by atoms with Crippen molar-refractivity contribution in [3.63, 3.8) is 0 Å². The number of aryl methyl sites for hydroxylation is 1. The molecule has 0 saturated carbocycles. The lowest BCUT2D eigenvalue weighted by atomic mass is 9.97. The summed E-state index contributed by atoms with van der Waals surface area (Å²) in [4.78, 5) is 8.52. The number of thiazole rings is 1. The van der Waals surface area contributed by atoms with Crippen LogP contribution in [0, 0.1) is 0 Å². The van der Waals surface area contributed by atoms with Gasteiger partial charge in [-0.3, -0.25) is 4.90 Å². The van der Waals surface area contributed by atoms with Crippen LogP contribution in [0.15, 0.2) is 24.3 Å². The molecule has 166 valence electrons. The Hall–Kier alpha value is -2.20. The average molecular weight is 445 g/mol. The molecule has 0 amide bonds. The zero-order valence-electron chi connectivity index (χ0n) is 17.9. The fourth-order valence-electron chi connectivity index (χ4n) is 4.47. The minimum atomic E-state index is -0.441. The maximum Gasteiger partial charge on any atom is 0.230 e. The Morgan fingerprint density at radius 2 is 1.87 bits per heavy atom. The highest BCUT2D eigenvalue weighted by molar-refractivity contribution is 7.17. The molecule has 1 spiro atoms. The molecule has 0 aliphatic carbocycles. The fourth-order valence-corrected chi connectivity index (χ4v) is 5.60. The average Bonchev–Trinajstić information content (AvgIpc) is 3.49. The number of ether oxygens (including phenoxy) is 3. The molecule has 0 radical (unpaired) electrons. The van der Waals surface area contributed by atoms with E-state index in [4.69, 9.17) is 14.2 Å². The topological polar surface area (TPSA) is 81.4 Å². The highest BCUT2D eigenvalue weighted by atomic mass is 32.1. The predicted molar refractivity (Wildman–Crippen MR) is 117 cm³/mol. The van der Waals surface area contributed by atoms with E-state index in [-0.39, 0.29) is 11.9 Å². The van der Waals surface area contributed by atoms with Gasteiger partial charge in [0.15, 0.2) is 11.6 Å². The Labute approximate surface area is 185 Å². The molecule has 5 rings (SSSR count). The first-order valence-electron chi connectivity index (χ1n) is 10.9. The molecular formula is C22H28N4O4S. The highest BCUT2D eigenvalue weighted by Gasteiger charge is 2.42. The van der Waals surface area contributed by atoms with E-state index in [0.29, 0.717) is 19.8 Å². The largest absolute Gasteiger partial charge is 0.494 e. The summed E-state index contributed by atoms with van der Waals surface area (Å²) in [5.41, 5.74) is 1.10. The highest BCUT2D eigenvalue weighted by Crippen LogP contribution is 2.43. The molecule has 2 saturated heterocycles. The van der Waals surface area contributed by atoms with E-state index < -0.39 is 5.79 Å². The summed E-state index contributed by atoms with van der Waals surface area (Å²) < 4.78 is 19.0. The Morgan fingerprint density at radius 3 is 2.48 bits per heavy atom. The monoisotopic (exact) mass is 444 g/mol. The van der Waals surface area contributed by atoms with Crippen LogP contribution in [0.25, 0.3) is 4.96 Å². The predicted octanol–water partition coefficient (Wildman–Crippen LogP) is 3.39. The number of aromatic nitrogens is 3. The Bertz CT molecular complexity index is 1030. The summed E-state index contributed by atoms with van der Waals surface area (Å²) in [5.74, 6) is 1.31. The third-order valence-electron chi connectivity index (χ3n) is 6.05. The van der Waals surface area contributed by atoms with Gasteiger partial charge in [-0.25, -0.2) is 4.98 Å². The first-order chi connectivity index (χ1) is 15.1. The number of hydrogen-bond acceptors (Lipinski definition) is 8. The zero-order chi connectivity index (χ0) is 21.4. The van der Waals surface area contributed by atoms with E-state index in [2.05, 4.69) is 27.1 Å². The summed E-state index contributed by atoms with van der Waals surface area (Å²) in [7, 11) is 0. The number of benzene rings is 1. The van der Waals surface area contributed by atoms with Crippen LogP contribution in [0.4, 0.5) is 0 Å². The Balaban J connectivity index is 1.50. The van der Waals surface area contributed by atoms with Gasteiger partial charge < -0.3 is 19.3 Å². The minimum Gasteiger partial charge on any atom is -0.494 e. The molecule has 8 nitrogen and oxygen atoms in total. The molecule has 0 unspecified atom stereocenters. The van der Waals surface area contributed by atoms with Crippen LogP contribution < -0.4 is 4.74 Å². The Morgan fingerprint density at radius 1 is 1.16 bits per heavy atom. The fraction of sp³-hybridized carbons (Fsp3) is 0.545. The number of nitrogens with zero attached hydrogens (tertiary/aromatic N) is 4. The molecule has 2 aromatic heterocycles. The number of fused-ring (bicyclic) bond motifs is 1. The minimum absolute atomic E-state index is 0.104. The van der Waals surface area contributed by atoms with E-state index in [0.717, 1.165) is 59.3 Å². The van der Waals surface area contributed by atoms with Gasteiger partial charge in [-0.1, -0.05) is 30.4 Å². The molecule has 9 heteroatoms. The van der Waals surface area contributed by atoms with Crippen molar-refractivity contribution in [2.24, 2.45) is 0 Å². The summed E-state index contributed by atoms with van der Waals surface area (Å²) in [5, 5.41) is 15.5. The maximum absolute atomic E-state index is 11.1. The van der Waals surface area contributed by atoms with E-state index in [9.17, 15) is 5.11 Å². The van der Waals surface area contributed by atoms with Crippen molar-refractivity contribution in [1.29, 1.82) is 0 Å². The van der Waals surface area contributed by atoms with Gasteiger partial charge in [0.05, 0.1) is 30.7 Å². The summed E-state index contributed by atoms with van der Waals surface area (Å²) in [6, 6.07) is 8.03. The molecule has 3 aromatic rings. The molecule has 2 fully saturated rings. The number of piperidine rings is 1. The van der Waals surface area contributed by atoms with Gasteiger partial charge in [0.1, 0.15) is 5.75 Å². The van der Waals surface area contributed by atoms with E-state index in [1.54, 1.807) is 4.52 Å². The molecule has 2 aliphatic rings. The van der Waals surface area contributed by atoms with Gasteiger partial charge in [-0.15, -0.1) is 5.10 Å². The van der Waals surface area contributed by atoms with Gasteiger partial charge in [-0.05, 0) is 24.6 Å². The van der Waals surface area contributed by atoms with Crippen LogP contribution in [-0.4, -0.2) is 63.3 Å². The number of hydrogen-bond donors (Lipinski definition) is 1. The van der Waals surface area contributed by atoms with Crippen LogP contribution in [0.2, 0.25) is 0 Å². The second-order valence-electron chi connectivity index (χ2n) is 7.91. The van der Waals surface area contributed by atoms with Gasteiger partial charge >= 0.3 is 0 Å². The first kappa shape index (κ1) is 20.7. The smallest absolute Gasteiger partial charge is 0.230 e.